The lowest BCUT2D eigenvalue weighted by molar-refractivity contribution is -0.118. The third kappa shape index (κ3) is 4.35. The van der Waals surface area contributed by atoms with E-state index in [0.717, 1.165) is 30.4 Å². The molecule has 6 rings (SSSR count). The van der Waals surface area contributed by atoms with Crippen LogP contribution in [0.4, 0.5) is 0 Å². The first-order valence-electron chi connectivity index (χ1n) is 12.0. The van der Waals surface area contributed by atoms with Gasteiger partial charge in [-0.1, -0.05) is 50.2 Å². The van der Waals surface area contributed by atoms with Crippen LogP contribution in [0.1, 0.15) is 63.5 Å². The van der Waals surface area contributed by atoms with Gasteiger partial charge in [-0.2, -0.15) is 0 Å². The molecule has 0 amide bonds. The van der Waals surface area contributed by atoms with Crippen LogP contribution in [-0.4, -0.2) is 19.3 Å². The Hall–Kier alpha value is -2.00. The summed E-state index contributed by atoms with van der Waals surface area (Å²) in [6.07, 6.45) is 9.23. The normalized spacial score (nSPS) is 33.5. The summed E-state index contributed by atoms with van der Waals surface area (Å²) in [5, 5.41) is 4.03. The number of nitrogens with one attached hydrogen (secondary N) is 1. The molecule has 4 atom stereocenters. The standard InChI is InChI=1S/C28H37NO2/c1-26-14-23-15-27(2,18-26)20-28(16-23,19-26)29-17-22-9-10-24(25(13-22)30-3)31-12-11-21-7-5-4-6-8-21/h4-10,13,23,29H,11-12,14-20H2,1-3H3/t23?,26-,27+,28?. The summed E-state index contributed by atoms with van der Waals surface area (Å²) in [4.78, 5) is 0. The molecule has 0 aliphatic heterocycles. The molecule has 0 spiro atoms. The monoisotopic (exact) mass is 419 g/mol. The Morgan fingerprint density at radius 1 is 0.871 bits per heavy atom. The maximum absolute atomic E-state index is 6.05. The number of methoxy groups -OCH3 is 1. The highest BCUT2D eigenvalue weighted by Gasteiger charge is 2.59. The van der Waals surface area contributed by atoms with Crippen molar-refractivity contribution in [2.24, 2.45) is 16.7 Å². The van der Waals surface area contributed by atoms with Crippen molar-refractivity contribution in [1.29, 1.82) is 0 Å². The molecule has 4 bridgehead atoms. The SMILES string of the molecule is COc1cc(CNC23CC4C[C@@](C)(C2)C[C@](C)(C4)C3)ccc1OCCc1ccccc1. The molecule has 0 radical (unpaired) electrons. The zero-order chi connectivity index (χ0) is 21.5. The Morgan fingerprint density at radius 3 is 2.29 bits per heavy atom. The molecule has 4 aliphatic rings. The molecule has 3 heteroatoms. The first-order valence-corrected chi connectivity index (χ1v) is 12.0. The van der Waals surface area contributed by atoms with Crippen LogP contribution in [0.3, 0.4) is 0 Å². The lowest BCUT2D eigenvalue weighted by atomic mass is 9.43. The van der Waals surface area contributed by atoms with E-state index in [9.17, 15) is 0 Å². The van der Waals surface area contributed by atoms with Gasteiger partial charge in [0.25, 0.3) is 0 Å². The van der Waals surface area contributed by atoms with Crippen molar-refractivity contribution in [2.75, 3.05) is 13.7 Å². The summed E-state index contributed by atoms with van der Waals surface area (Å²) in [5.74, 6) is 2.57. The Balaban J connectivity index is 1.22. The second-order valence-electron chi connectivity index (χ2n) is 11.3. The number of hydrogen-bond acceptors (Lipinski definition) is 3. The maximum Gasteiger partial charge on any atom is 0.161 e. The Morgan fingerprint density at radius 2 is 1.61 bits per heavy atom. The van der Waals surface area contributed by atoms with Crippen LogP contribution in [0.15, 0.2) is 48.5 Å². The van der Waals surface area contributed by atoms with Crippen molar-refractivity contribution in [3.05, 3.63) is 59.7 Å². The summed E-state index contributed by atoms with van der Waals surface area (Å²) in [7, 11) is 1.73. The smallest absolute Gasteiger partial charge is 0.161 e. The largest absolute Gasteiger partial charge is 0.493 e. The first kappa shape index (κ1) is 20.9. The van der Waals surface area contributed by atoms with Gasteiger partial charge in [0, 0.05) is 18.5 Å². The van der Waals surface area contributed by atoms with Gasteiger partial charge in [0.1, 0.15) is 0 Å². The minimum Gasteiger partial charge on any atom is -0.493 e. The summed E-state index contributed by atoms with van der Waals surface area (Å²) < 4.78 is 11.7. The molecule has 0 heterocycles. The van der Waals surface area contributed by atoms with Gasteiger partial charge in [-0.05, 0) is 78.5 Å². The third-order valence-corrected chi connectivity index (χ3v) is 8.01. The predicted molar refractivity (Wildman–Crippen MR) is 126 cm³/mol. The van der Waals surface area contributed by atoms with E-state index in [4.69, 9.17) is 9.47 Å². The molecule has 31 heavy (non-hydrogen) atoms. The number of benzene rings is 2. The fraction of sp³-hybridized carbons (Fsp3) is 0.571. The van der Waals surface area contributed by atoms with Crippen molar-refractivity contribution in [2.45, 2.75) is 70.9 Å². The van der Waals surface area contributed by atoms with E-state index < -0.39 is 0 Å². The Labute approximate surface area is 187 Å². The third-order valence-electron chi connectivity index (χ3n) is 8.01. The number of rotatable bonds is 8. The summed E-state index contributed by atoms with van der Waals surface area (Å²) in [6.45, 7) is 6.63. The van der Waals surface area contributed by atoms with Gasteiger partial charge < -0.3 is 14.8 Å². The molecule has 2 aromatic carbocycles. The van der Waals surface area contributed by atoms with E-state index in [-0.39, 0.29) is 0 Å². The van der Waals surface area contributed by atoms with Crippen molar-refractivity contribution in [3.8, 4) is 11.5 Å². The second kappa shape index (κ2) is 7.85. The van der Waals surface area contributed by atoms with Crippen LogP contribution in [0.2, 0.25) is 0 Å². The van der Waals surface area contributed by atoms with Crippen molar-refractivity contribution in [3.63, 3.8) is 0 Å². The lowest BCUT2D eigenvalue weighted by Crippen LogP contribution is -2.63. The van der Waals surface area contributed by atoms with Crippen LogP contribution >= 0.6 is 0 Å². The zero-order valence-corrected chi connectivity index (χ0v) is 19.4. The molecule has 2 unspecified atom stereocenters. The van der Waals surface area contributed by atoms with E-state index in [0.29, 0.717) is 23.0 Å². The van der Waals surface area contributed by atoms with Gasteiger partial charge in [0.15, 0.2) is 11.5 Å². The molecule has 166 valence electrons. The van der Waals surface area contributed by atoms with E-state index in [1.54, 1.807) is 7.11 Å². The molecular formula is C28H37NO2. The van der Waals surface area contributed by atoms with Crippen LogP contribution < -0.4 is 14.8 Å². The topological polar surface area (TPSA) is 30.5 Å². The highest BCUT2D eigenvalue weighted by Crippen LogP contribution is 2.66. The average molecular weight is 420 g/mol. The minimum atomic E-state index is 0.320. The van der Waals surface area contributed by atoms with Crippen LogP contribution in [0.5, 0.6) is 11.5 Å². The van der Waals surface area contributed by atoms with E-state index in [1.807, 2.05) is 6.07 Å². The summed E-state index contributed by atoms with van der Waals surface area (Å²) in [5.41, 5.74) is 3.96. The molecule has 1 N–H and O–H groups in total. The van der Waals surface area contributed by atoms with E-state index >= 15 is 0 Å². The van der Waals surface area contributed by atoms with Crippen molar-refractivity contribution < 1.29 is 9.47 Å². The van der Waals surface area contributed by atoms with Gasteiger partial charge in [0.2, 0.25) is 0 Å². The maximum atomic E-state index is 6.05. The zero-order valence-electron chi connectivity index (χ0n) is 19.4. The number of hydrogen-bond donors (Lipinski definition) is 1. The molecule has 4 aliphatic carbocycles. The van der Waals surface area contributed by atoms with Crippen LogP contribution in [0.25, 0.3) is 0 Å². The summed E-state index contributed by atoms with van der Waals surface area (Å²) >= 11 is 0. The molecular weight excluding hydrogens is 382 g/mol. The molecule has 0 saturated heterocycles. The average Bonchev–Trinajstić information content (AvgIpc) is 2.71. The minimum absolute atomic E-state index is 0.320. The van der Waals surface area contributed by atoms with Gasteiger partial charge in [0.05, 0.1) is 13.7 Å². The summed E-state index contributed by atoms with van der Waals surface area (Å²) in [6, 6.07) is 16.9. The van der Waals surface area contributed by atoms with Crippen LogP contribution in [0, 0.1) is 16.7 Å². The van der Waals surface area contributed by atoms with Gasteiger partial charge in [-0.3, -0.25) is 0 Å². The Kier molecular flexibility index (Phi) is 5.29. The van der Waals surface area contributed by atoms with E-state index in [2.05, 4.69) is 61.6 Å². The van der Waals surface area contributed by atoms with Gasteiger partial charge >= 0.3 is 0 Å². The van der Waals surface area contributed by atoms with Gasteiger partial charge in [-0.15, -0.1) is 0 Å². The first-order chi connectivity index (χ1) is 14.9. The quantitative estimate of drug-likeness (QED) is 0.556. The molecule has 4 fully saturated rings. The molecule has 3 nitrogen and oxygen atoms in total. The molecule has 2 aromatic rings. The van der Waals surface area contributed by atoms with Crippen molar-refractivity contribution >= 4 is 0 Å². The lowest BCUT2D eigenvalue weighted by Gasteiger charge is -2.65. The van der Waals surface area contributed by atoms with Crippen molar-refractivity contribution in [1.82, 2.24) is 5.32 Å². The molecule has 4 saturated carbocycles. The fourth-order valence-electron chi connectivity index (χ4n) is 7.80. The highest BCUT2D eigenvalue weighted by atomic mass is 16.5. The highest BCUT2D eigenvalue weighted by molar-refractivity contribution is 5.43. The fourth-order valence-corrected chi connectivity index (χ4v) is 7.80. The predicted octanol–water partition coefficient (Wildman–Crippen LogP) is 6.16. The second-order valence-corrected chi connectivity index (χ2v) is 11.3. The Bertz CT molecular complexity index is 906. The molecule has 0 aromatic heterocycles. The number of ether oxygens (including phenoxy) is 2. The van der Waals surface area contributed by atoms with Crippen LogP contribution in [-0.2, 0) is 13.0 Å². The van der Waals surface area contributed by atoms with E-state index in [1.165, 1.54) is 49.7 Å². The van der Waals surface area contributed by atoms with Gasteiger partial charge in [-0.25, -0.2) is 0 Å².